The lowest BCUT2D eigenvalue weighted by atomic mass is 10.0. The molecule has 5 rings (SSSR count). The second-order valence-electron chi connectivity index (χ2n) is 7.27. The maximum Gasteiger partial charge on any atom is 0.161 e. The highest BCUT2D eigenvalue weighted by Gasteiger charge is 2.33. The second kappa shape index (κ2) is 7.18. The molecule has 0 unspecified atom stereocenters. The Morgan fingerprint density at radius 3 is 2.81 bits per heavy atom. The molecule has 2 atom stereocenters. The number of fused-ring (bicyclic) bond motifs is 1. The van der Waals surface area contributed by atoms with Crippen molar-refractivity contribution in [2.24, 2.45) is 5.92 Å². The van der Waals surface area contributed by atoms with Crippen molar-refractivity contribution < 1.29 is 14.2 Å². The zero-order valence-electron chi connectivity index (χ0n) is 14.8. The quantitative estimate of drug-likeness (QED) is 0.830. The van der Waals surface area contributed by atoms with Crippen LogP contribution in [0.5, 0.6) is 11.5 Å². The van der Waals surface area contributed by atoms with E-state index in [1.165, 1.54) is 23.3 Å². The molecule has 1 saturated carbocycles. The first-order valence-corrected chi connectivity index (χ1v) is 10.4. The molecule has 1 aliphatic carbocycles. The maximum atomic E-state index is 5.76. The third-order valence-corrected chi connectivity index (χ3v) is 6.38. The van der Waals surface area contributed by atoms with Gasteiger partial charge >= 0.3 is 0 Å². The average Bonchev–Trinajstić information content (AvgIpc) is 3.17. The smallest absolute Gasteiger partial charge is 0.161 e. The summed E-state index contributed by atoms with van der Waals surface area (Å²) < 4.78 is 17.2. The predicted molar refractivity (Wildman–Crippen MR) is 99.8 cm³/mol. The van der Waals surface area contributed by atoms with Crippen LogP contribution < -0.4 is 14.8 Å². The summed E-state index contributed by atoms with van der Waals surface area (Å²) in [6.07, 6.45) is 7.04. The number of thiazole rings is 1. The van der Waals surface area contributed by atoms with E-state index in [2.05, 4.69) is 22.4 Å². The molecule has 1 aromatic carbocycles. The van der Waals surface area contributed by atoms with E-state index in [0.29, 0.717) is 25.2 Å². The largest absolute Gasteiger partial charge is 0.486 e. The normalized spacial score (nSPS) is 23.2. The van der Waals surface area contributed by atoms with Crippen molar-refractivity contribution in [2.45, 2.75) is 44.4 Å². The van der Waals surface area contributed by atoms with Crippen LogP contribution in [-0.2, 0) is 11.3 Å². The van der Waals surface area contributed by atoms with Crippen molar-refractivity contribution in [2.75, 3.05) is 19.8 Å². The zero-order chi connectivity index (χ0) is 17.3. The summed E-state index contributed by atoms with van der Waals surface area (Å²) in [6, 6.07) is 6.73. The van der Waals surface area contributed by atoms with Gasteiger partial charge in [-0.15, -0.1) is 11.3 Å². The molecule has 2 aliphatic heterocycles. The average molecular weight is 372 g/mol. The molecule has 0 bridgehead atoms. The lowest BCUT2D eigenvalue weighted by Gasteiger charge is -2.23. The minimum Gasteiger partial charge on any atom is -0.486 e. The van der Waals surface area contributed by atoms with Crippen LogP contribution in [0.15, 0.2) is 24.4 Å². The van der Waals surface area contributed by atoms with Crippen molar-refractivity contribution in [1.82, 2.24) is 10.3 Å². The van der Waals surface area contributed by atoms with Crippen molar-refractivity contribution in [1.29, 1.82) is 0 Å². The molecule has 138 valence electrons. The second-order valence-corrected chi connectivity index (χ2v) is 8.41. The van der Waals surface area contributed by atoms with Gasteiger partial charge in [0.2, 0.25) is 0 Å². The summed E-state index contributed by atoms with van der Waals surface area (Å²) in [5.41, 5.74) is 1.29. The van der Waals surface area contributed by atoms with Gasteiger partial charge < -0.3 is 19.5 Å². The highest BCUT2D eigenvalue weighted by Crippen LogP contribution is 2.43. The summed E-state index contributed by atoms with van der Waals surface area (Å²) in [7, 11) is 0. The minimum atomic E-state index is 0.214. The zero-order valence-corrected chi connectivity index (χ0v) is 15.6. The fourth-order valence-electron chi connectivity index (χ4n) is 3.78. The van der Waals surface area contributed by atoms with Gasteiger partial charge in [0.25, 0.3) is 0 Å². The highest BCUT2D eigenvalue weighted by atomic mass is 32.1. The highest BCUT2D eigenvalue weighted by molar-refractivity contribution is 7.11. The van der Waals surface area contributed by atoms with Crippen molar-refractivity contribution in [3.63, 3.8) is 0 Å². The molecule has 1 aromatic heterocycles. The Labute approximate surface area is 157 Å². The molecular weight excluding hydrogens is 348 g/mol. The van der Waals surface area contributed by atoms with E-state index in [1.54, 1.807) is 11.3 Å². The van der Waals surface area contributed by atoms with E-state index < -0.39 is 0 Å². The molecule has 6 heteroatoms. The van der Waals surface area contributed by atoms with Crippen LogP contribution in [0, 0.1) is 5.92 Å². The number of rotatable bonds is 6. The van der Waals surface area contributed by atoms with Crippen LogP contribution >= 0.6 is 11.3 Å². The predicted octanol–water partition coefficient (Wildman–Crippen LogP) is 4.01. The fourth-order valence-corrected chi connectivity index (χ4v) is 4.73. The van der Waals surface area contributed by atoms with Crippen LogP contribution in [-0.4, -0.2) is 24.8 Å². The number of nitrogens with one attached hydrogen (secondary N) is 1. The third kappa shape index (κ3) is 3.46. The summed E-state index contributed by atoms with van der Waals surface area (Å²) in [6.45, 7) is 2.98. The van der Waals surface area contributed by atoms with Gasteiger partial charge in [-0.05, 0) is 49.3 Å². The first kappa shape index (κ1) is 16.5. The third-order valence-electron chi connectivity index (χ3n) is 5.29. The van der Waals surface area contributed by atoms with Gasteiger partial charge in [0.05, 0.1) is 0 Å². The Hall–Kier alpha value is -1.63. The molecule has 1 saturated heterocycles. The maximum absolute atomic E-state index is 5.76. The number of hydrogen-bond donors (Lipinski definition) is 1. The van der Waals surface area contributed by atoms with Crippen molar-refractivity contribution in [3.05, 3.63) is 39.8 Å². The minimum absolute atomic E-state index is 0.214. The molecule has 3 aliphatic rings. The molecule has 26 heavy (non-hydrogen) atoms. The van der Waals surface area contributed by atoms with Crippen LogP contribution in [0.3, 0.4) is 0 Å². The van der Waals surface area contributed by atoms with E-state index in [4.69, 9.17) is 14.2 Å². The molecular formula is C20H24N2O3S. The van der Waals surface area contributed by atoms with Crippen LogP contribution in [0.1, 0.15) is 53.3 Å². The Bertz CT molecular complexity index is 768. The van der Waals surface area contributed by atoms with Crippen LogP contribution in [0.25, 0.3) is 0 Å². The van der Waals surface area contributed by atoms with Gasteiger partial charge in [-0.25, -0.2) is 4.98 Å². The van der Waals surface area contributed by atoms with Gasteiger partial charge in [-0.2, -0.15) is 0 Å². The van der Waals surface area contributed by atoms with E-state index >= 15 is 0 Å². The number of benzene rings is 1. The van der Waals surface area contributed by atoms with Gasteiger partial charge in [-0.1, -0.05) is 6.07 Å². The number of nitrogens with zero attached hydrogens (tertiary/aromatic N) is 1. The SMILES string of the molecule is c1cc2c(cc1[C@H](NCc1cnc([C@@H]3CCCO3)s1)C1CC1)OCCO2. The first-order chi connectivity index (χ1) is 12.9. The monoisotopic (exact) mass is 372 g/mol. The molecule has 5 nitrogen and oxygen atoms in total. The Morgan fingerprint density at radius 2 is 2.00 bits per heavy atom. The van der Waals surface area contributed by atoms with E-state index in [9.17, 15) is 0 Å². The molecule has 2 aromatic rings. The molecule has 0 spiro atoms. The Morgan fingerprint density at radius 1 is 1.12 bits per heavy atom. The topological polar surface area (TPSA) is 52.6 Å². The molecule has 0 radical (unpaired) electrons. The van der Waals surface area contributed by atoms with Crippen molar-refractivity contribution >= 4 is 11.3 Å². The summed E-state index contributed by atoms with van der Waals surface area (Å²) in [5, 5.41) is 4.88. The molecule has 0 amide bonds. The number of ether oxygens (including phenoxy) is 3. The Balaban J connectivity index is 1.28. The lowest BCUT2D eigenvalue weighted by molar-refractivity contribution is 0.111. The van der Waals surface area contributed by atoms with E-state index in [0.717, 1.165) is 42.5 Å². The molecule has 1 N–H and O–H groups in total. The summed E-state index contributed by atoms with van der Waals surface area (Å²) in [5.74, 6) is 2.45. The molecule has 2 fully saturated rings. The fraction of sp³-hybridized carbons (Fsp3) is 0.550. The number of hydrogen-bond acceptors (Lipinski definition) is 6. The van der Waals surface area contributed by atoms with Gasteiger partial charge in [0.1, 0.15) is 24.3 Å². The Kier molecular flexibility index (Phi) is 4.56. The van der Waals surface area contributed by atoms with Crippen molar-refractivity contribution in [3.8, 4) is 11.5 Å². The standard InChI is InChI=1S/C20H24N2O3S/c1-2-17(23-7-1)20-22-12-15(26-20)11-21-19(13-3-4-13)14-5-6-16-18(10-14)25-9-8-24-16/h5-6,10,12-13,17,19,21H,1-4,7-9,11H2/t17-,19+/m0/s1. The van der Waals surface area contributed by atoms with Crippen LogP contribution in [0.4, 0.5) is 0 Å². The van der Waals surface area contributed by atoms with Crippen LogP contribution in [0.2, 0.25) is 0 Å². The molecule has 3 heterocycles. The van der Waals surface area contributed by atoms with E-state index in [-0.39, 0.29) is 6.10 Å². The lowest BCUT2D eigenvalue weighted by Crippen LogP contribution is -2.23. The van der Waals surface area contributed by atoms with E-state index in [1.807, 2.05) is 12.3 Å². The summed E-state index contributed by atoms with van der Waals surface area (Å²) in [4.78, 5) is 5.86. The van der Waals surface area contributed by atoms with Gasteiger partial charge in [0.15, 0.2) is 11.5 Å². The summed E-state index contributed by atoms with van der Waals surface area (Å²) >= 11 is 1.78. The first-order valence-electron chi connectivity index (χ1n) is 9.56. The number of aromatic nitrogens is 1. The van der Waals surface area contributed by atoms with Gasteiger partial charge in [-0.3, -0.25) is 0 Å². The van der Waals surface area contributed by atoms with Gasteiger partial charge in [0, 0.05) is 30.3 Å².